The molecule has 0 aliphatic carbocycles. The lowest BCUT2D eigenvalue weighted by Crippen LogP contribution is -2.11. The summed E-state index contributed by atoms with van der Waals surface area (Å²) in [5.74, 6) is -1.61. The smallest absolute Gasteiger partial charge is 0.162 e. The van der Waals surface area contributed by atoms with Gasteiger partial charge in [-0.1, -0.05) is 19.8 Å². The molecule has 0 bridgehead atoms. The zero-order valence-electron chi connectivity index (χ0n) is 11.3. The van der Waals surface area contributed by atoms with Crippen LogP contribution in [0.2, 0.25) is 0 Å². The van der Waals surface area contributed by atoms with Crippen LogP contribution in [-0.2, 0) is 0 Å². The topological polar surface area (TPSA) is 43.1 Å². The van der Waals surface area contributed by atoms with E-state index in [-0.39, 0.29) is 11.3 Å². The van der Waals surface area contributed by atoms with Crippen LogP contribution in [0.3, 0.4) is 0 Å². The molecule has 106 valence electrons. The number of Topliss-reactive ketones (excluding diaryl/α,β-unsaturated/α-hetero) is 1. The molecule has 1 atom stereocenters. The SMILES string of the molecule is CCCC(CCN)CCC(=O)c1ccc(F)c(F)c1. The molecule has 1 aromatic carbocycles. The van der Waals surface area contributed by atoms with Crippen molar-refractivity contribution in [3.63, 3.8) is 0 Å². The molecule has 0 fully saturated rings. The quantitative estimate of drug-likeness (QED) is 0.731. The van der Waals surface area contributed by atoms with E-state index in [1.165, 1.54) is 6.07 Å². The summed E-state index contributed by atoms with van der Waals surface area (Å²) in [6.07, 6.45) is 4.11. The van der Waals surface area contributed by atoms with Crippen LogP contribution in [0.25, 0.3) is 0 Å². The maximum absolute atomic E-state index is 13.0. The second kappa shape index (κ2) is 8.00. The third-order valence-electron chi connectivity index (χ3n) is 3.29. The standard InChI is InChI=1S/C15H21F2NO/c1-2-3-11(8-9-18)4-7-15(19)12-5-6-13(16)14(17)10-12/h5-6,10-11H,2-4,7-9,18H2,1H3. The molecule has 2 N–H and O–H groups in total. The summed E-state index contributed by atoms with van der Waals surface area (Å²) >= 11 is 0. The lowest BCUT2D eigenvalue weighted by atomic mass is 9.92. The van der Waals surface area contributed by atoms with Gasteiger partial charge in [0.15, 0.2) is 17.4 Å². The molecule has 1 aromatic rings. The van der Waals surface area contributed by atoms with Crippen LogP contribution in [0.1, 0.15) is 49.4 Å². The van der Waals surface area contributed by atoms with Crippen LogP contribution < -0.4 is 5.73 Å². The number of carbonyl (C=O) groups is 1. The first-order valence-corrected chi connectivity index (χ1v) is 6.76. The van der Waals surface area contributed by atoms with E-state index in [9.17, 15) is 13.6 Å². The minimum absolute atomic E-state index is 0.142. The van der Waals surface area contributed by atoms with E-state index in [4.69, 9.17) is 5.73 Å². The molecule has 0 aliphatic rings. The van der Waals surface area contributed by atoms with Gasteiger partial charge >= 0.3 is 0 Å². The number of ketones is 1. The Kier molecular flexibility index (Phi) is 6.64. The number of hydrogen-bond acceptors (Lipinski definition) is 2. The van der Waals surface area contributed by atoms with Crippen molar-refractivity contribution >= 4 is 5.78 Å². The zero-order chi connectivity index (χ0) is 14.3. The van der Waals surface area contributed by atoms with Crippen LogP contribution in [0.15, 0.2) is 18.2 Å². The van der Waals surface area contributed by atoms with Gasteiger partial charge in [0.1, 0.15) is 0 Å². The summed E-state index contributed by atoms with van der Waals surface area (Å²) in [5, 5.41) is 0. The van der Waals surface area contributed by atoms with Crippen molar-refractivity contribution in [2.45, 2.75) is 39.0 Å². The van der Waals surface area contributed by atoms with E-state index in [1.54, 1.807) is 0 Å². The van der Waals surface area contributed by atoms with Crippen molar-refractivity contribution in [3.05, 3.63) is 35.4 Å². The van der Waals surface area contributed by atoms with Gasteiger partial charge < -0.3 is 5.73 Å². The number of carbonyl (C=O) groups excluding carboxylic acids is 1. The molecule has 1 rings (SSSR count). The largest absolute Gasteiger partial charge is 0.330 e. The van der Waals surface area contributed by atoms with Gasteiger partial charge in [-0.2, -0.15) is 0 Å². The Balaban J connectivity index is 2.56. The van der Waals surface area contributed by atoms with Gasteiger partial charge in [-0.05, 0) is 43.5 Å². The summed E-state index contributed by atoms with van der Waals surface area (Å²) in [5.41, 5.74) is 5.78. The van der Waals surface area contributed by atoms with E-state index >= 15 is 0 Å². The van der Waals surface area contributed by atoms with Crippen LogP contribution in [-0.4, -0.2) is 12.3 Å². The lowest BCUT2D eigenvalue weighted by molar-refractivity contribution is 0.0971. The number of nitrogens with two attached hydrogens (primary N) is 1. The molecule has 4 heteroatoms. The van der Waals surface area contributed by atoms with Gasteiger partial charge in [0.05, 0.1) is 0 Å². The van der Waals surface area contributed by atoms with E-state index in [2.05, 4.69) is 6.92 Å². The summed E-state index contributed by atoms with van der Waals surface area (Å²) < 4.78 is 25.8. The fraction of sp³-hybridized carbons (Fsp3) is 0.533. The molecule has 0 spiro atoms. The molecule has 0 aliphatic heterocycles. The van der Waals surface area contributed by atoms with Crippen LogP contribution in [0, 0.1) is 17.6 Å². The highest BCUT2D eigenvalue weighted by Gasteiger charge is 2.13. The third-order valence-corrected chi connectivity index (χ3v) is 3.29. The van der Waals surface area contributed by atoms with Gasteiger partial charge in [-0.3, -0.25) is 4.79 Å². The second-order valence-electron chi connectivity index (χ2n) is 4.82. The predicted molar refractivity (Wildman–Crippen MR) is 72.0 cm³/mol. The van der Waals surface area contributed by atoms with Crippen molar-refractivity contribution in [1.29, 1.82) is 0 Å². The summed E-state index contributed by atoms with van der Waals surface area (Å²) in [4.78, 5) is 11.9. The molecular formula is C15H21F2NO. The molecule has 0 aromatic heterocycles. The molecule has 0 amide bonds. The first-order valence-electron chi connectivity index (χ1n) is 6.76. The van der Waals surface area contributed by atoms with Crippen molar-refractivity contribution in [2.75, 3.05) is 6.54 Å². The van der Waals surface area contributed by atoms with Gasteiger partial charge in [0.25, 0.3) is 0 Å². The average Bonchev–Trinajstić information content (AvgIpc) is 2.39. The van der Waals surface area contributed by atoms with E-state index in [1.807, 2.05) is 0 Å². The van der Waals surface area contributed by atoms with Crippen molar-refractivity contribution in [1.82, 2.24) is 0 Å². The Bertz CT molecular complexity index is 415. The Morgan fingerprint density at radius 1 is 1.21 bits per heavy atom. The first kappa shape index (κ1) is 15.8. The molecule has 1 unspecified atom stereocenters. The fourth-order valence-corrected chi connectivity index (χ4v) is 2.23. The van der Waals surface area contributed by atoms with Crippen LogP contribution in [0.4, 0.5) is 8.78 Å². The predicted octanol–water partition coefficient (Wildman–Crippen LogP) is 3.69. The summed E-state index contributed by atoms with van der Waals surface area (Å²) in [6, 6.07) is 3.29. The van der Waals surface area contributed by atoms with Gasteiger partial charge in [0, 0.05) is 12.0 Å². The zero-order valence-corrected chi connectivity index (χ0v) is 11.3. The molecule has 0 saturated heterocycles. The number of hydrogen-bond donors (Lipinski definition) is 1. The Morgan fingerprint density at radius 2 is 1.95 bits per heavy atom. The maximum Gasteiger partial charge on any atom is 0.162 e. The van der Waals surface area contributed by atoms with E-state index in [0.717, 1.165) is 37.8 Å². The molecule has 2 nitrogen and oxygen atoms in total. The molecule has 0 radical (unpaired) electrons. The van der Waals surface area contributed by atoms with Crippen LogP contribution in [0.5, 0.6) is 0 Å². The third kappa shape index (κ3) is 5.07. The number of halogens is 2. The van der Waals surface area contributed by atoms with Gasteiger partial charge in [-0.15, -0.1) is 0 Å². The lowest BCUT2D eigenvalue weighted by Gasteiger charge is -2.14. The van der Waals surface area contributed by atoms with Crippen LogP contribution >= 0.6 is 0 Å². The minimum atomic E-state index is -0.974. The number of rotatable bonds is 8. The highest BCUT2D eigenvalue weighted by atomic mass is 19.2. The Labute approximate surface area is 113 Å². The highest BCUT2D eigenvalue weighted by Crippen LogP contribution is 2.19. The monoisotopic (exact) mass is 269 g/mol. The van der Waals surface area contributed by atoms with Gasteiger partial charge in [-0.25, -0.2) is 8.78 Å². The Morgan fingerprint density at radius 3 is 2.53 bits per heavy atom. The maximum atomic E-state index is 13.0. The number of benzene rings is 1. The fourth-order valence-electron chi connectivity index (χ4n) is 2.23. The normalized spacial score (nSPS) is 12.4. The summed E-state index contributed by atoms with van der Waals surface area (Å²) in [6.45, 7) is 2.71. The minimum Gasteiger partial charge on any atom is -0.330 e. The van der Waals surface area contributed by atoms with Gasteiger partial charge in [0.2, 0.25) is 0 Å². The summed E-state index contributed by atoms with van der Waals surface area (Å²) in [7, 11) is 0. The van der Waals surface area contributed by atoms with Crippen molar-refractivity contribution in [2.24, 2.45) is 11.7 Å². The average molecular weight is 269 g/mol. The molecular weight excluding hydrogens is 248 g/mol. The van der Waals surface area contributed by atoms with Crippen molar-refractivity contribution < 1.29 is 13.6 Å². The highest BCUT2D eigenvalue weighted by molar-refractivity contribution is 5.96. The van der Waals surface area contributed by atoms with E-state index < -0.39 is 11.6 Å². The second-order valence-corrected chi connectivity index (χ2v) is 4.82. The van der Waals surface area contributed by atoms with Crippen molar-refractivity contribution in [3.8, 4) is 0 Å². The molecule has 0 saturated carbocycles. The first-order chi connectivity index (χ1) is 9.08. The van der Waals surface area contributed by atoms with E-state index in [0.29, 0.717) is 18.9 Å². The molecule has 19 heavy (non-hydrogen) atoms. The molecule has 0 heterocycles. The Hall–Kier alpha value is -1.29.